The van der Waals surface area contributed by atoms with Gasteiger partial charge in [-0.15, -0.1) is 0 Å². The highest BCUT2D eigenvalue weighted by atomic mass is 16.4. The number of aryl methyl sites for hydroxylation is 1. The minimum atomic E-state index is -0.941. The van der Waals surface area contributed by atoms with Crippen molar-refractivity contribution in [3.8, 4) is 0 Å². The van der Waals surface area contributed by atoms with Crippen molar-refractivity contribution >= 4 is 5.97 Å². The summed E-state index contributed by atoms with van der Waals surface area (Å²) in [6, 6.07) is 8.19. The van der Waals surface area contributed by atoms with Gasteiger partial charge in [0.2, 0.25) is 0 Å². The topological polar surface area (TPSA) is 49.3 Å². The normalized spacial score (nSPS) is 10.1. The molecule has 0 aromatic heterocycles. The van der Waals surface area contributed by atoms with Gasteiger partial charge >= 0.3 is 5.97 Å². The predicted molar refractivity (Wildman–Crippen MR) is 64.5 cm³/mol. The van der Waals surface area contributed by atoms with E-state index in [2.05, 4.69) is 31.0 Å². The Bertz CT molecular complexity index is 385. The molecule has 0 amide bonds. The van der Waals surface area contributed by atoms with Crippen LogP contribution in [0.3, 0.4) is 0 Å². The Kier molecular flexibility index (Phi) is 4.73. The lowest BCUT2D eigenvalue weighted by molar-refractivity contribution is -0.132. The van der Waals surface area contributed by atoms with E-state index in [0.29, 0.717) is 6.54 Å². The van der Waals surface area contributed by atoms with Crippen LogP contribution in [0.4, 0.5) is 0 Å². The standard InChI is InChI=1S/C13H17NO2/c1-10-5-3-4-6-12(10)7-8-14-9-11(2)13(15)16/h3-6,14H,2,7-9H2,1H3,(H,15,16). The van der Waals surface area contributed by atoms with E-state index in [0.717, 1.165) is 13.0 Å². The summed E-state index contributed by atoms with van der Waals surface area (Å²) in [7, 11) is 0. The van der Waals surface area contributed by atoms with Gasteiger partial charge in [0, 0.05) is 12.1 Å². The number of benzene rings is 1. The van der Waals surface area contributed by atoms with Crippen molar-refractivity contribution in [1.82, 2.24) is 5.32 Å². The second-order valence-corrected chi connectivity index (χ2v) is 3.76. The van der Waals surface area contributed by atoms with E-state index >= 15 is 0 Å². The first-order valence-corrected chi connectivity index (χ1v) is 5.27. The fraction of sp³-hybridized carbons (Fsp3) is 0.308. The number of carboxylic acids is 1. The molecular formula is C13H17NO2. The number of aliphatic carboxylic acids is 1. The molecule has 0 saturated heterocycles. The molecule has 0 spiro atoms. The molecule has 86 valence electrons. The van der Waals surface area contributed by atoms with Gasteiger partial charge in [0.1, 0.15) is 0 Å². The number of rotatable bonds is 6. The van der Waals surface area contributed by atoms with E-state index in [9.17, 15) is 4.79 Å². The maximum absolute atomic E-state index is 10.5. The van der Waals surface area contributed by atoms with Gasteiger partial charge in [-0.1, -0.05) is 30.8 Å². The van der Waals surface area contributed by atoms with Crippen LogP contribution in [0.5, 0.6) is 0 Å². The quantitative estimate of drug-likeness (QED) is 0.566. The summed E-state index contributed by atoms with van der Waals surface area (Å²) in [6.45, 7) is 6.62. The molecule has 0 unspecified atom stereocenters. The average molecular weight is 219 g/mol. The van der Waals surface area contributed by atoms with Gasteiger partial charge in [0.05, 0.1) is 0 Å². The number of carboxylic acid groups (broad SMARTS) is 1. The molecular weight excluding hydrogens is 202 g/mol. The molecule has 1 rings (SSSR count). The Morgan fingerprint density at radius 2 is 2.12 bits per heavy atom. The van der Waals surface area contributed by atoms with Gasteiger partial charge in [0.15, 0.2) is 0 Å². The summed E-state index contributed by atoms with van der Waals surface area (Å²) in [4.78, 5) is 10.5. The Morgan fingerprint density at radius 3 is 2.75 bits per heavy atom. The van der Waals surface area contributed by atoms with E-state index in [1.807, 2.05) is 12.1 Å². The molecule has 16 heavy (non-hydrogen) atoms. The minimum absolute atomic E-state index is 0.199. The highest BCUT2D eigenvalue weighted by Gasteiger charge is 2.02. The van der Waals surface area contributed by atoms with Crippen LogP contribution in [0.1, 0.15) is 11.1 Å². The van der Waals surface area contributed by atoms with E-state index in [4.69, 9.17) is 5.11 Å². The van der Waals surface area contributed by atoms with Crippen LogP contribution in [-0.4, -0.2) is 24.2 Å². The summed E-state index contributed by atoms with van der Waals surface area (Å²) >= 11 is 0. The van der Waals surface area contributed by atoms with Crippen molar-refractivity contribution in [2.45, 2.75) is 13.3 Å². The first kappa shape index (κ1) is 12.5. The lowest BCUT2D eigenvalue weighted by Gasteiger charge is -2.06. The molecule has 0 heterocycles. The Hall–Kier alpha value is -1.61. The highest BCUT2D eigenvalue weighted by molar-refractivity contribution is 5.86. The van der Waals surface area contributed by atoms with Gasteiger partial charge in [-0.25, -0.2) is 4.79 Å². The molecule has 1 aromatic carbocycles. The fourth-order valence-corrected chi connectivity index (χ4v) is 1.43. The molecule has 0 radical (unpaired) electrons. The number of nitrogens with one attached hydrogen (secondary N) is 1. The lowest BCUT2D eigenvalue weighted by Crippen LogP contribution is -2.22. The van der Waals surface area contributed by atoms with Crippen molar-refractivity contribution in [3.05, 3.63) is 47.5 Å². The zero-order valence-electron chi connectivity index (χ0n) is 9.49. The van der Waals surface area contributed by atoms with Crippen LogP contribution >= 0.6 is 0 Å². The predicted octanol–water partition coefficient (Wildman–Crippen LogP) is 1.77. The van der Waals surface area contributed by atoms with Crippen molar-refractivity contribution in [3.63, 3.8) is 0 Å². The van der Waals surface area contributed by atoms with Gasteiger partial charge in [-0.3, -0.25) is 0 Å². The smallest absolute Gasteiger partial charge is 0.332 e. The molecule has 0 saturated carbocycles. The molecule has 0 aliphatic heterocycles. The molecule has 0 fully saturated rings. The SMILES string of the molecule is C=C(CNCCc1ccccc1C)C(=O)O. The van der Waals surface area contributed by atoms with E-state index in [-0.39, 0.29) is 5.57 Å². The van der Waals surface area contributed by atoms with Crippen LogP contribution in [0.25, 0.3) is 0 Å². The van der Waals surface area contributed by atoms with Crippen LogP contribution in [-0.2, 0) is 11.2 Å². The van der Waals surface area contributed by atoms with Crippen molar-refractivity contribution in [2.24, 2.45) is 0 Å². The van der Waals surface area contributed by atoms with Crippen molar-refractivity contribution in [2.75, 3.05) is 13.1 Å². The number of hydrogen-bond acceptors (Lipinski definition) is 2. The van der Waals surface area contributed by atoms with Gasteiger partial charge in [0.25, 0.3) is 0 Å². The van der Waals surface area contributed by atoms with Crippen molar-refractivity contribution in [1.29, 1.82) is 0 Å². The van der Waals surface area contributed by atoms with E-state index in [1.165, 1.54) is 11.1 Å². The first-order valence-electron chi connectivity index (χ1n) is 5.27. The third-order valence-corrected chi connectivity index (χ3v) is 2.47. The molecule has 0 atom stereocenters. The molecule has 3 nitrogen and oxygen atoms in total. The molecule has 0 aliphatic carbocycles. The minimum Gasteiger partial charge on any atom is -0.478 e. The maximum atomic E-state index is 10.5. The maximum Gasteiger partial charge on any atom is 0.332 e. The summed E-state index contributed by atoms with van der Waals surface area (Å²) in [5, 5.41) is 11.7. The third kappa shape index (κ3) is 3.87. The van der Waals surface area contributed by atoms with E-state index < -0.39 is 5.97 Å². The van der Waals surface area contributed by atoms with Gasteiger partial charge < -0.3 is 10.4 Å². The molecule has 0 bridgehead atoms. The Morgan fingerprint density at radius 1 is 1.44 bits per heavy atom. The average Bonchev–Trinajstić information content (AvgIpc) is 2.26. The lowest BCUT2D eigenvalue weighted by atomic mass is 10.1. The van der Waals surface area contributed by atoms with Crippen LogP contribution in [0, 0.1) is 6.92 Å². The van der Waals surface area contributed by atoms with Crippen LogP contribution < -0.4 is 5.32 Å². The molecule has 0 aliphatic rings. The second kappa shape index (κ2) is 6.08. The zero-order valence-corrected chi connectivity index (χ0v) is 9.49. The fourth-order valence-electron chi connectivity index (χ4n) is 1.43. The second-order valence-electron chi connectivity index (χ2n) is 3.76. The Labute approximate surface area is 95.8 Å². The molecule has 1 aromatic rings. The Balaban J connectivity index is 2.29. The third-order valence-electron chi connectivity index (χ3n) is 2.47. The molecule has 3 heteroatoms. The molecule has 2 N–H and O–H groups in total. The van der Waals surface area contributed by atoms with Gasteiger partial charge in [-0.2, -0.15) is 0 Å². The summed E-state index contributed by atoms with van der Waals surface area (Å²) < 4.78 is 0. The summed E-state index contributed by atoms with van der Waals surface area (Å²) in [5.41, 5.74) is 2.75. The van der Waals surface area contributed by atoms with Crippen molar-refractivity contribution < 1.29 is 9.90 Å². The van der Waals surface area contributed by atoms with Gasteiger partial charge in [-0.05, 0) is 31.0 Å². The summed E-state index contributed by atoms with van der Waals surface area (Å²) in [6.07, 6.45) is 0.902. The van der Waals surface area contributed by atoms with E-state index in [1.54, 1.807) is 0 Å². The van der Waals surface area contributed by atoms with Crippen LogP contribution in [0.15, 0.2) is 36.4 Å². The summed E-state index contributed by atoms with van der Waals surface area (Å²) in [5.74, 6) is -0.941. The largest absolute Gasteiger partial charge is 0.478 e. The highest BCUT2D eigenvalue weighted by Crippen LogP contribution is 2.06. The number of hydrogen-bond donors (Lipinski definition) is 2. The zero-order chi connectivity index (χ0) is 12.0. The van der Waals surface area contributed by atoms with Crippen LogP contribution in [0.2, 0.25) is 0 Å². The monoisotopic (exact) mass is 219 g/mol. The first-order chi connectivity index (χ1) is 7.61. The number of carbonyl (C=O) groups is 1.